The van der Waals surface area contributed by atoms with Crippen molar-refractivity contribution >= 4 is 15.7 Å². The van der Waals surface area contributed by atoms with Gasteiger partial charge in [-0.1, -0.05) is 0 Å². The van der Waals surface area contributed by atoms with Crippen LogP contribution in [0.2, 0.25) is 0 Å². The van der Waals surface area contributed by atoms with E-state index in [1.54, 1.807) is 24.3 Å². The van der Waals surface area contributed by atoms with Gasteiger partial charge in [0.05, 0.1) is 18.6 Å². The van der Waals surface area contributed by atoms with Crippen molar-refractivity contribution < 1.29 is 22.3 Å². The average molecular weight is 325 g/mol. The molecule has 0 aliphatic rings. The Labute approximate surface area is 128 Å². The van der Waals surface area contributed by atoms with Crippen LogP contribution < -0.4 is 14.2 Å². The topological polar surface area (TPSA) is 64.6 Å². The van der Waals surface area contributed by atoms with Crippen molar-refractivity contribution in [1.82, 2.24) is 0 Å². The zero-order chi connectivity index (χ0) is 16.2. The molecule has 1 N–H and O–H groups in total. The van der Waals surface area contributed by atoms with Crippen molar-refractivity contribution in [2.45, 2.75) is 11.8 Å². The van der Waals surface area contributed by atoms with Crippen LogP contribution in [0.15, 0.2) is 47.4 Å². The number of methoxy groups -OCH3 is 1. The minimum absolute atomic E-state index is 0.0837. The molecule has 0 bridgehead atoms. The molecule has 0 heterocycles. The second-order valence-corrected chi connectivity index (χ2v) is 6.04. The van der Waals surface area contributed by atoms with E-state index in [-0.39, 0.29) is 10.6 Å². The van der Waals surface area contributed by atoms with Gasteiger partial charge >= 0.3 is 0 Å². The first-order valence-corrected chi connectivity index (χ1v) is 8.04. The third-order valence-electron chi connectivity index (χ3n) is 2.85. The normalized spacial score (nSPS) is 11.0. The summed E-state index contributed by atoms with van der Waals surface area (Å²) in [6, 6.07) is 9.85. The van der Waals surface area contributed by atoms with Crippen molar-refractivity contribution in [1.29, 1.82) is 0 Å². The molecule has 0 amide bonds. The molecule has 0 unspecified atom stereocenters. The molecule has 0 aromatic heterocycles. The van der Waals surface area contributed by atoms with Crippen molar-refractivity contribution in [2.24, 2.45) is 0 Å². The van der Waals surface area contributed by atoms with E-state index in [4.69, 9.17) is 9.47 Å². The largest absolute Gasteiger partial charge is 0.494 e. The summed E-state index contributed by atoms with van der Waals surface area (Å²) >= 11 is 0. The summed E-state index contributed by atoms with van der Waals surface area (Å²) in [5, 5.41) is 0. The first-order valence-electron chi connectivity index (χ1n) is 6.55. The van der Waals surface area contributed by atoms with Gasteiger partial charge in [0.15, 0.2) is 11.6 Å². The van der Waals surface area contributed by atoms with E-state index in [0.717, 1.165) is 12.1 Å². The van der Waals surface area contributed by atoms with Crippen LogP contribution >= 0.6 is 0 Å². The van der Waals surface area contributed by atoms with Gasteiger partial charge in [-0.05, 0) is 43.3 Å². The second-order valence-electron chi connectivity index (χ2n) is 4.36. The Bertz CT molecular complexity index is 745. The lowest BCUT2D eigenvalue weighted by Gasteiger charge is -2.10. The van der Waals surface area contributed by atoms with Crippen LogP contribution in [0.1, 0.15) is 6.92 Å². The molecule has 0 fully saturated rings. The summed E-state index contributed by atoms with van der Waals surface area (Å²) in [5.74, 6) is -0.106. The molecule has 0 aliphatic carbocycles. The highest BCUT2D eigenvalue weighted by Crippen LogP contribution is 2.24. The van der Waals surface area contributed by atoms with E-state index in [0.29, 0.717) is 18.0 Å². The van der Waals surface area contributed by atoms with Gasteiger partial charge in [-0.15, -0.1) is 0 Å². The number of nitrogens with one attached hydrogen (secondary N) is 1. The molecular weight excluding hydrogens is 309 g/mol. The number of anilines is 1. The highest BCUT2D eigenvalue weighted by atomic mass is 32.2. The fraction of sp³-hybridized carbons (Fsp3) is 0.200. The fourth-order valence-corrected chi connectivity index (χ4v) is 2.88. The first kappa shape index (κ1) is 16.1. The van der Waals surface area contributed by atoms with Gasteiger partial charge < -0.3 is 9.47 Å². The van der Waals surface area contributed by atoms with Gasteiger partial charge in [0, 0.05) is 11.8 Å². The van der Waals surface area contributed by atoms with Crippen molar-refractivity contribution in [3.63, 3.8) is 0 Å². The van der Waals surface area contributed by atoms with Crippen LogP contribution in [0.4, 0.5) is 10.1 Å². The number of hydrogen-bond acceptors (Lipinski definition) is 4. The molecular formula is C15H16FNO4S. The average Bonchev–Trinajstić information content (AvgIpc) is 2.49. The molecule has 0 saturated heterocycles. The van der Waals surface area contributed by atoms with Gasteiger partial charge in [0.25, 0.3) is 10.0 Å². The molecule has 2 aromatic rings. The molecule has 5 nitrogen and oxygen atoms in total. The number of rotatable bonds is 6. The van der Waals surface area contributed by atoms with Crippen LogP contribution in [-0.2, 0) is 10.0 Å². The third kappa shape index (κ3) is 3.67. The molecule has 0 atom stereocenters. The zero-order valence-corrected chi connectivity index (χ0v) is 13.0. The van der Waals surface area contributed by atoms with Crippen LogP contribution in [0.25, 0.3) is 0 Å². The van der Waals surface area contributed by atoms with Gasteiger partial charge in [0.2, 0.25) is 0 Å². The van der Waals surface area contributed by atoms with E-state index >= 15 is 0 Å². The Morgan fingerprint density at radius 1 is 1.14 bits per heavy atom. The minimum Gasteiger partial charge on any atom is -0.494 e. The minimum atomic E-state index is -3.83. The molecule has 7 heteroatoms. The Hall–Kier alpha value is -2.28. The Kier molecular flexibility index (Phi) is 4.87. The molecule has 0 spiro atoms. The van der Waals surface area contributed by atoms with Crippen LogP contribution in [0, 0.1) is 5.82 Å². The highest BCUT2D eigenvalue weighted by Gasteiger charge is 2.17. The van der Waals surface area contributed by atoms with Crippen molar-refractivity contribution in [3.8, 4) is 11.5 Å². The summed E-state index contributed by atoms with van der Waals surface area (Å²) in [4.78, 5) is -0.0837. The predicted octanol–water partition coefficient (Wildman–Crippen LogP) is 3.03. The van der Waals surface area contributed by atoms with Gasteiger partial charge in [0.1, 0.15) is 5.75 Å². The quantitative estimate of drug-likeness (QED) is 0.886. The summed E-state index contributed by atoms with van der Waals surface area (Å²) in [6.45, 7) is 2.39. The number of ether oxygens (including phenoxy) is 2. The molecule has 118 valence electrons. The summed E-state index contributed by atoms with van der Waals surface area (Å²) in [6.07, 6.45) is 0. The molecule has 22 heavy (non-hydrogen) atoms. The Morgan fingerprint density at radius 2 is 1.82 bits per heavy atom. The number of halogens is 1. The smallest absolute Gasteiger partial charge is 0.262 e. The molecule has 2 aromatic carbocycles. The van der Waals surface area contributed by atoms with Gasteiger partial charge in [-0.25, -0.2) is 12.8 Å². The monoisotopic (exact) mass is 325 g/mol. The lowest BCUT2D eigenvalue weighted by atomic mass is 10.3. The maximum Gasteiger partial charge on any atom is 0.262 e. The fourth-order valence-electron chi connectivity index (χ4n) is 1.81. The predicted molar refractivity (Wildman–Crippen MR) is 81.4 cm³/mol. The van der Waals surface area contributed by atoms with E-state index in [1.165, 1.54) is 13.2 Å². The van der Waals surface area contributed by atoms with Crippen LogP contribution in [-0.4, -0.2) is 22.1 Å². The van der Waals surface area contributed by atoms with E-state index < -0.39 is 15.8 Å². The first-order chi connectivity index (χ1) is 10.5. The maximum absolute atomic E-state index is 13.3. The maximum atomic E-state index is 13.3. The molecule has 0 aliphatic heterocycles. The summed E-state index contributed by atoms with van der Waals surface area (Å²) < 4.78 is 50.4. The van der Waals surface area contributed by atoms with E-state index in [9.17, 15) is 12.8 Å². The summed E-state index contributed by atoms with van der Waals surface area (Å²) in [7, 11) is -2.55. The lowest BCUT2D eigenvalue weighted by Crippen LogP contribution is -2.13. The number of sulfonamides is 1. The van der Waals surface area contributed by atoms with Crippen LogP contribution in [0.3, 0.4) is 0 Å². The summed E-state index contributed by atoms with van der Waals surface area (Å²) in [5.41, 5.74) is 0.381. The highest BCUT2D eigenvalue weighted by molar-refractivity contribution is 7.92. The third-order valence-corrected chi connectivity index (χ3v) is 4.23. The zero-order valence-electron chi connectivity index (χ0n) is 12.2. The van der Waals surface area contributed by atoms with Crippen LogP contribution in [0.5, 0.6) is 11.5 Å². The van der Waals surface area contributed by atoms with Gasteiger partial charge in [-0.2, -0.15) is 0 Å². The van der Waals surface area contributed by atoms with Gasteiger partial charge in [-0.3, -0.25) is 4.72 Å². The number of hydrogen-bond donors (Lipinski definition) is 1. The molecule has 0 saturated carbocycles. The lowest BCUT2D eigenvalue weighted by molar-refractivity contribution is 0.340. The Morgan fingerprint density at radius 3 is 2.41 bits per heavy atom. The number of benzene rings is 2. The SMILES string of the molecule is CCOc1ccc(NS(=O)(=O)c2ccc(F)c(OC)c2)cc1. The van der Waals surface area contributed by atoms with E-state index in [2.05, 4.69) is 4.72 Å². The standard InChI is InChI=1S/C15H16FNO4S/c1-3-21-12-6-4-11(5-7-12)17-22(18,19)13-8-9-14(16)15(10-13)20-2/h4-10,17H,3H2,1-2H3. The second kappa shape index (κ2) is 6.65. The van der Waals surface area contributed by atoms with Crippen molar-refractivity contribution in [3.05, 3.63) is 48.3 Å². The van der Waals surface area contributed by atoms with Crippen molar-refractivity contribution in [2.75, 3.05) is 18.4 Å². The Balaban J connectivity index is 2.23. The molecule has 0 radical (unpaired) electrons. The van der Waals surface area contributed by atoms with E-state index in [1.807, 2.05) is 6.92 Å². The molecule has 2 rings (SSSR count).